The van der Waals surface area contributed by atoms with E-state index in [1.807, 2.05) is 16.9 Å². The molecule has 4 aromatic rings. The van der Waals surface area contributed by atoms with E-state index in [1.165, 1.54) is 18.5 Å². The summed E-state index contributed by atoms with van der Waals surface area (Å²) in [5, 5.41) is 25.9. The molecular weight excluding hydrogens is 391 g/mol. The molecule has 1 aliphatic rings. The van der Waals surface area contributed by atoms with Crippen molar-refractivity contribution < 1.29 is 4.39 Å². The Labute approximate surface area is 169 Å². The number of nitrogens with zero attached hydrogens (tertiary/aromatic N) is 7. The molecule has 0 aromatic carbocycles. The highest BCUT2D eigenvalue weighted by molar-refractivity contribution is 7.99. The third-order valence-electron chi connectivity index (χ3n) is 4.84. The zero-order valence-electron chi connectivity index (χ0n) is 15.2. The molecule has 5 rings (SSSR count). The van der Waals surface area contributed by atoms with Crippen molar-refractivity contribution in [2.24, 2.45) is 0 Å². The molecule has 0 spiro atoms. The minimum Gasteiger partial charge on any atom is -0.315 e. The Balaban J connectivity index is 1.60. The van der Waals surface area contributed by atoms with Crippen LogP contribution >= 0.6 is 11.8 Å². The maximum absolute atomic E-state index is 14.2. The molecule has 0 radical (unpaired) electrons. The fraction of sp³-hybridized carbons (Fsp3) is 0.211. The van der Waals surface area contributed by atoms with Gasteiger partial charge in [0.05, 0.1) is 29.5 Å². The second-order valence-corrected chi connectivity index (χ2v) is 7.71. The highest BCUT2D eigenvalue weighted by Gasteiger charge is 2.20. The van der Waals surface area contributed by atoms with Gasteiger partial charge in [0.1, 0.15) is 16.8 Å². The van der Waals surface area contributed by atoms with Gasteiger partial charge in [-0.25, -0.2) is 18.6 Å². The molecule has 1 N–H and O–H groups in total. The first-order valence-electron chi connectivity index (χ1n) is 9.05. The van der Waals surface area contributed by atoms with Gasteiger partial charge in [0, 0.05) is 29.4 Å². The lowest BCUT2D eigenvalue weighted by molar-refractivity contribution is 0.476. The average Bonchev–Trinajstić information content (AvgIpc) is 3.49. The van der Waals surface area contributed by atoms with Gasteiger partial charge in [-0.1, -0.05) is 17.0 Å². The minimum absolute atomic E-state index is 0.234. The van der Waals surface area contributed by atoms with Gasteiger partial charge in [-0.2, -0.15) is 10.4 Å². The molecule has 10 heteroatoms. The van der Waals surface area contributed by atoms with E-state index in [0.29, 0.717) is 21.7 Å². The summed E-state index contributed by atoms with van der Waals surface area (Å²) in [5.41, 5.74) is 2.49. The lowest BCUT2D eigenvalue weighted by Crippen LogP contribution is -2.13. The van der Waals surface area contributed by atoms with Gasteiger partial charge >= 0.3 is 0 Å². The van der Waals surface area contributed by atoms with E-state index in [-0.39, 0.29) is 11.1 Å². The van der Waals surface area contributed by atoms with Crippen LogP contribution in [0.3, 0.4) is 0 Å². The van der Waals surface area contributed by atoms with E-state index in [9.17, 15) is 9.65 Å². The number of halogens is 1. The third-order valence-corrected chi connectivity index (χ3v) is 5.87. The predicted octanol–water partition coefficient (Wildman–Crippen LogP) is 2.68. The zero-order valence-corrected chi connectivity index (χ0v) is 16.0. The number of hydrogen-bond acceptors (Lipinski definition) is 7. The van der Waals surface area contributed by atoms with Crippen LogP contribution in [0.4, 0.5) is 4.39 Å². The Hall–Kier alpha value is -3.29. The van der Waals surface area contributed by atoms with Gasteiger partial charge in [-0.05, 0) is 31.2 Å². The summed E-state index contributed by atoms with van der Waals surface area (Å²) in [6.07, 6.45) is 7.75. The largest absolute Gasteiger partial charge is 0.315 e. The second-order valence-electron chi connectivity index (χ2n) is 6.68. The molecule has 8 nitrogen and oxygen atoms in total. The van der Waals surface area contributed by atoms with Gasteiger partial charge < -0.3 is 5.32 Å². The Morgan fingerprint density at radius 2 is 2.28 bits per heavy atom. The van der Waals surface area contributed by atoms with Gasteiger partial charge in [-0.15, -0.1) is 5.10 Å². The van der Waals surface area contributed by atoms with Crippen LogP contribution < -0.4 is 5.32 Å². The van der Waals surface area contributed by atoms with Gasteiger partial charge in [0.15, 0.2) is 5.82 Å². The normalized spacial score (nSPS) is 16.3. The Kier molecular flexibility index (Phi) is 4.46. The summed E-state index contributed by atoms with van der Waals surface area (Å²) in [4.78, 5) is 4.79. The smallest absolute Gasteiger partial charge is 0.155 e. The first-order valence-corrected chi connectivity index (χ1v) is 9.87. The van der Waals surface area contributed by atoms with E-state index in [4.69, 9.17) is 0 Å². The molecule has 5 heterocycles. The number of fused-ring (bicyclic) bond motifs is 1. The van der Waals surface area contributed by atoms with Gasteiger partial charge in [0.25, 0.3) is 0 Å². The highest BCUT2D eigenvalue weighted by atomic mass is 32.2. The highest BCUT2D eigenvalue weighted by Crippen LogP contribution is 2.35. The summed E-state index contributed by atoms with van der Waals surface area (Å²) in [6, 6.07) is 7.20. The topological polar surface area (TPSA) is 96.7 Å². The Morgan fingerprint density at radius 3 is 3.07 bits per heavy atom. The molecule has 1 saturated heterocycles. The SMILES string of the molecule is N#Cc1cnn2cc(-c3cn([C@H]4CCNC4)nn3)cc(Sc3ncccc3F)c12. The molecule has 0 amide bonds. The van der Waals surface area contributed by atoms with Crippen molar-refractivity contribution in [3.63, 3.8) is 0 Å². The Bertz CT molecular complexity index is 1230. The van der Waals surface area contributed by atoms with Crippen molar-refractivity contribution in [2.75, 3.05) is 13.1 Å². The first kappa shape index (κ1) is 17.8. The monoisotopic (exact) mass is 406 g/mol. The summed E-state index contributed by atoms with van der Waals surface area (Å²) in [5.74, 6) is -0.418. The molecule has 1 fully saturated rings. The van der Waals surface area contributed by atoms with E-state index >= 15 is 0 Å². The first-order chi connectivity index (χ1) is 14.2. The number of aromatic nitrogens is 6. The van der Waals surface area contributed by atoms with Crippen LogP contribution in [-0.2, 0) is 0 Å². The molecule has 4 aromatic heterocycles. The van der Waals surface area contributed by atoms with Crippen molar-refractivity contribution in [1.82, 2.24) is 34.9 Å². The van der Waals surface area contributed by atoms with Gasteiger partial charge in [0.2, 0.25) is 0 Å². The van der Waals surface area contributed by atoms with E-state index in [1.54, 1.807) is 16.8 Å². The maximum Gasteiger partial charge on any atom is 0.155 e. The molecule has 0 aliphatic carbocycles. The fourth-order valence-electron chi connectivity index (χ4n) is 3.39. The summed E-state index contributed by atoms with van der Waals surface area (Å²) < 4.78 is 17.7. The minimum atomic E-state index is -0.418. The van der Waals surface area contributed by atoms with Gasteiger partial charge in [-0.3, -0.25) is 0 Å². The number of nitrogens with one attached hydrogen (secondary N) is 1. The summed E-state index contributed by atoms with van der Waals surface area (Å²) in [6.45, 7) is 1.83. The second kappa shape index (κ2) is 7.27. The lowest BCUT2D eigenvalue weighted by Gasteiger charge is -2.08. The van der Waals surface area contributed by atoms with E-state index in [2.05, 4.69) is 31.8 Å². The van der Waals surface area contributed by atoms with Crippen LogP contribution in [0.5, 0.6) is 0 Å². The lowest BCUT2D eigenvalue weighted by atomic mass is 10.2. The zero-order chi connectivity index (χ0) is 19.8. The van der Waals surface area contributed by atoms with Crippen LogP contribution in [0.2, 0.25) is 0 Å². The Morgan fingerprint density at radius 1 is 1.34 bits per heavy atom. The summed E-state index contributed by atoms with van der Waals surface area (Å²) in [7, 11) is 0. The number of nitriles is 1. The van der Waals surface area contributed by atoms with Crippen molar-refractivity contribution >= 4 is 17.3 Å². The quantitative estimate of drug-likeness (QED) is 0.556. The van der Waals surface area contributed by atoms with Crippen LogP contribution in [0.25, 0.3) is 16.8 Å². The number of rotatable bonds is 4. The fourth-order valence-corrected chi connectivity index (χ4v) is 4.36. The number of pyridine rings is 2. The molecular formula is C19H15FN8S. The average molecular weight is 406 g/mol. The van der Waals surface area contributed by atoms with Crippen molar-refractivity contribution in [2.45, 2.75) is 22.4 Å². The van der Waals surface area contributed by atoms with Crippen molar-refractivity contribution in [3.05, 3.63) is 54.4 Å². The van der Waals surface area contributed by atoms with E-state index in [0.717, 1.165) is 36.8 Å². The van der Waals surface area contributed by atoms with Crippen LogP contribution in [-0.4, -0.2) is 42.7 Å². The maximum atomic E-state index is 14.2. The molecule has 0 bridgehead atoms. The molecule has 144 valence electrons. The standard InChI is InChI=1S/C19H15FN8S/c20-15-2-1-4-23-19(15)29-17-6-12(10-28-18(17)13(7-21)8-24-28)16-11-27(26-25-16)14-3-5-22-9-14/h1-2,4,6,8,10-11,14,22H,3,5,9H2/t14-/m0/s1. The predicted molar refractivity (Wildman–Crippen MR) is 104 cm³/mol. The van der Waals surface area contributed by atoms with Crippen molar-refractivity contribution in [3.8, 4) is 17.3 Å². The molecule has 1 aliphatic heterocycles. The van der Waals surface area contributed by atoms with E-state index < -0.39 is 5.82 Å². The van der Waals surface area contributed by atoms with Crippen LogP contribution in [0.15, 0.2) is 52.9 Å². The molecule has 29 heavy (non-hydrogen) atoms. The molecule has 0 saturated carbocycles. The third kappa shape index (κ3) is 3.24. The molecule has 0 unspecified atom stereocenters. The summed E-state index contributed by atoms with van der Waals surface area (Å²) >= 11 is 1.16. The van der Waals surface area contributed by atoms with Crippen molar-refractivity contribution in [1.29, 1.82) is 5.26 Å². The number of hydrogen-bond donors (Lipinski definition) is 1. The molecule has 1 atom stereocenters. The van der Waals surface area contributed by atoms with Crippen LogP contribution in [0, 0.1) is 17.1 Å². The van der Waals surface area contributed by atoms with Crippen LogP contribution in [0.1, 0.15) is 18.0 Å².